The zero-order valence-electron chi connectivity index (χ0n) is 16.0. The van der Waals surface area contributed by atoms with Crippen molar-refractivity contribution < 1.29 is 14.3 Å². The van der Waals surface area contributed by atoms with Gasteiger partial charge in [-0.05, 0) is 31.2 Å². The number of rotatable bonds is 5. The second-order valence-electron chi connectivity index (χ2n) is 6.65. The fraction of sp³-hybridized carbons (Fsp3) is 0.286. The van der Waals surface area contributed by atoms with E-state index in [1.54, 1.807) is 23.0 Å². The Kier molecular flexibility index (Phi) is 5.78. The highest BCUT2D eigenvalue weighted by molar-refractivity contribution is 6.30. The number of halogens is 1. The third kappa shape index (κ3) is 4.11. The van der Waals surface area contributed by atoms with Crippen molar-refractivity contribution in [3.05, 3.63) is 70.6 Å². The normalized spacial score (nSPS) is 14.1. The minimum atomic E-state index is -0.442. The molecule has 1 aliphatic rings. The maximum absolute atomic E-state index is 12.8. The molecule has 29 heavy (non-hydrogen) atoms. The molecule has 0 atom stereocenters. The van der Waals surface area contributed by atoms with E-state index in [1.807, 2.05) is 42.2 Å². The molecule has 0 spiro atoms. The van der Waals surface area contributed by atoms with E-state index >= 15 is 0 Å². The van der Waals surface area contributed by atoms with Crippen LogP contribution in [0.1, 0.15) is 21.6 Å². The molecule has 1 aromatic carbocycles. The minimum absolute atomic E-state index is 0.0355. The maximum Gasteiger partial charge on any atom is 0.342 e. The second kappa shape index (κ2) is 8.63. The Morgan fingerprint density at radius 1 is 1.17 bits per heavy atom. The standard InChI is InChI=1S/C21H21ClN4O3/c1-15-18(19(22)26(24-15)16-6-3-2-4-7-16)14-29-21(27)17-8-5-9-23-20(17)25-10-12-28-13-11-25/h2-9H,10-14H2,1H3. The molecular formula is C21H21ClN4O3. The monoisotopic (exact) mass is 412 g/mol. The third-order valence-electron chi connectivity index (χ3n) is 4.79. The van der Waals surface area contributed by atoms with E-state index < -0.39 is 5.97 Å². The van der Waals surface area contributed by atoms with Crippen molar-refractivity contribution in [2.75, 3.05) is 31.2 Å². The molecule has 0 radical (unpaired) electrons. The van der Waals surface area contributed by atoms with Crippen molar-refractivity contribution in [2.45, 2.75) is 13.5 Å². The Balaban J connectivity index is 1.52. The first-order valence-corrected chi connectivity index (χ1v) is 9.77. The summed E-state index contributed by atoms with van der Waals surface area (Å²) in [6.45, 7) is 4.47. The molecule has 0 bridgehead atoms. The zero-order chi connectivity index (χ0) is 20.2. The number of esters is 1. The number of carbonyl (C=O) groups is 1. The highest BCUT2D eigenvalue weighted by Gasteiger charge is 2.22. The van der Waals surface area contributed by atoms with E-state index in [1.165, 1.54) is 0 Å². The van der Waals surface area contributed by atoms with Gasteiger partial charge in [0.15, 0.2) is 0 Å². The number of morpholine rings is 1. The predicted octanol–water partition coefficient (Wildman–Crippen LogP) is 3.42. The average Bonchev–Trinajstić information content (AvgIpc) is 3.06. The lowest BCUT2D eigenvalue weighted by Crippen LogP contribution is -2.37. The lowest BCUT2D eigenvalue weighted by Gasteiger charge is -2.28. The van der Waals surface area contributed by atoms with Crippen LogP contribution in [-0.4, -0.2) is 47.0 Å². The Morgan fingerprint density at radius 2 is 1.93 bits per heavy atom. The van der Waals surface area contributed by atoms with Crippen molar-refractivity contribution in [3.63, 3.8) is 0 Å². The van der Waals surface area contributed by atoms with Crippen LogP contribution in [0.25, 0.3) is 5.69 Å². The summed E-state index contributed by atoms with van der Waals surface area (Å²) in [4.78, 5) is 19.2. The zero-order valence-corrected chi connectivity index (χ0v) is 16.8. The Labute approximate surface area is 173 Å². The van der Waals surface area contributed by atoms with Gasteiger partial charge in [-0.25, -0.2) is 14.5 Å². The SMILES string of the molecule is Cc1nn(-c2ccccc2)c(Cl)c1COC(=O)c1cccnc1N1CCOCC1. The smallest absolute Gasteiger partial charge is 0.342 e. The summed E-state index contributed by atoms with van der Waals surface area (Å²) in [6.07, 6.45) is 1.67. The number of ether oxygens (including phenoxy) is 2. The van der Waals surface area contributed by atoms with E-state index in [4.69, 9.17) is 21.1 Å². The molecule has 8 heteroatoms. The molecule has 2 aromatic heterocycles. The van der Waals surface area contributed by atoms with Crippen LogP contribution >= 0.6 is 11.6 Å². The molecule has 4 rings (SSSR count). The molecular weight excluding hydrogens is 392 g/mol. The van der Waals surface area contributed by atoms with Gasteiger partial charge in [0.25, 0.3) is 0 Å². The van der Waals surface area contributed by atoms with Crippen molar-refractivity contribution >= 4 is 23.4 Å². The summed E-state index contributed by atoms with van der Waals surface area (Å²) in [5.41, 5.74) is 2.67. The highest BCUT2D eigenvalue weighted by atomic mass is 35.5. The molecule has 150 valence electrons. The number of anilines is 1. The van der Waals surface area contributed by atoms with Gasteiger partial charge in [0.05, 0.1) is 24.6 Å². The van der Waals surface area contributed by atoms with Gasteiger partial charge < -0.3 is 14.4 Å². The van der Waals surface area contributed by atoms with Gasteiger partial charge in [-0.3, -0.25) is 0 Å². The van der Waals surface area contributed by atoms with Crippen LogP contribution in [0.5, 0.6) is 0 Å². The van der Waals surface area contributed by atoms with Gasteiger partial charge in [-0.2, -0.15) is 5.10 Å². The minimum Gasteiger partial charge on any atom is -0.457 e. The van der Waals surface area contributed by atoms with Crippen molar-refractivity contribution in [3.8, 4) is 5.69 Å². The van der Waals surface area contributed by atoms with E-state index in [2.05, 4.69) is 10.1 Å². The first-order valence-electron chi connectivity index (χ1n) is 9.39. The van der Waals surface area contributed by atoms with Crippen molar-refractivity contribution in [2.24, 2.45) is 0 Å². The molecule has 1 fully saturated rings. The topological polar surface area (TPSA) is 69.5 Å². The first kappa shape index (κ1) is 19.4. The summed E-state index contributed by atoms with van der Waals surface area (Å²) < 4.78 is 12.6. The van der Waals surface area contributed by atoms with Gasteiger partial charge in [-0.15, -0.1) is 0 Å². The van der Waals surface area contributed by atoms with Crippen molar-refractivity contribution in [1.82, 2.24) is 14.8 Å². The maximum atomic E-state index is 12.8. The molecule has 0 aliphatic carbocycles. The van der Waals surface area contributed by atoms with Gasteiger partial charge in [0.2, 0.25) is 0 Å². The molecule has 1 aliphatic heterocycles. The summed E-state index contributed by atoms with van der Waals surface area (Å²) in [7, 11) is 0. The predicted molar refractivity (Wildman–Crippen MR) is 110 cm³/mol. The van der Waals surface area contributed by atoms with Gasteiger partial charge in [0, 0.05) is 24.8 Å². The van der Waals surface area contributed by atoms with Gasteiger partial charge in [-0.1, -0.05) is 29.8 Å². The van der Waals surface area contributed by atoms with E-state index in [0.29, 0.717) is 54.1 Å². The number of pyridine rings is 1. The van der Waals surface area contributed by atoms with Crippen LogP contribution in [0.3, 0.4) is 0 Å². The number of aromatic nitrogens is 3. The number of hydrogen-bond donors (Lipinski definition) is 0. The Bertz CT molecular complexity index is 1000. The number of benzene rings is 1. The van der Waals surface area contributed by atoms with Crippen LogP contribution < -0.4 is 4.90 Å². The van der Waals surface area contributed by atoms with Crippen LogP contribution in [0.15, 0.2) is 48.7 Å². The van der Waals surface area contributed by atoms with E-state index in [-0.39, 0.29) is 6.61 Å². The van der Waals surface area contributed by atoms with Crippen LogP contribution in [0.2, 0.25) is 5.15 Å². The fourth-order valence-electron chi connectivity index (χ4n) is 3.23. The van der Waals surface area contributed by atoms with Crippen LogP contribution in [0, 0.1) is 6.92 Å². The Morgan fingerprint density at radius 3 is 2.69 bits per heavy atom. The fourth-order valence-corrected chi connectivity index (χ4v) is 3.56. The molecule has 7 nitrogen and oxygen atoms in total. The van der Waals surface area contributed by atoms with Crippen molar-refractivity contribution in [1.29, 1.82) is 0 Å². The summed E-state index contributed by atoms with van der Waals surface area (Å²) >= 11 is 6.52. The Hall–Kier alpha value is -2.90. The number of hydrogen-bond acceptors (Lipinski definition) is 6. The van der Waals surface area contributed by atoms with Gasteiger partial charge in [0.1, 0.15) is 23.1 Å². The molecule has 3 aromatic rings. The average molecular weight is 413 g/mol. The molecule has 0 saturated carbocycles. The third-order valence-corrected chi connectivity index (χ3v) is 5.18. The lowest BCUT2D eigenvalue weighted by atomic mass is 10.2. The molecule has 0 amide bonds. The second-order valence-corrected chi connectivity index (χ2v) is 7.01. The molecule has 3 heterocycles. The molecule has 0 unspecified atom stereocenters. The number of nitrogens with zero attached hydrogens (tertiary/aromatic N) is 4. The van der Waals surface area contributed by atoms with Crippen LogP contribution in [0.4, 0.5) is 5.82 Å². The quantitative estimate of drug-likeness (QED) is 0.598. The highest BCUT2D eigenvalue weighted by Crippen LogP contribution is 2.25. The summed E-state index contributed by atoms with van der Waals surface area (Å²) in [5.74, 6) is 0.172. The summed E-state index contributed by atoms with van der Waals surface area (Å²) in [6, 6.07) is 13.0. The molecule has 1 saturated heterocycles. The van der Waals surface area contributed by atoms with E-state index in [0.717, 1.165) is 5.69 Å². The lowest BCUT2D eigenvalue weighted by molar-refractivity contribution is 0.0471. The van der Waals surface area contributed by atoms with Crippen LogP contribution in [-0.2, 0) is 16.1 Å². The number of carbonyl (C=O) groups excluding carboxylic acids is 1. The summed E-state index contributed by atoms with van der Waals surface area (Å²) in [5, 5.41) is 4.91. The number of para-hydroxylation sites is 1. The largest absolute Gasteiger partial charge is 0.457 e. The molecule has 0 N–H and O–H groups in total. The number of aryl methyl sites for hydroxylation is 1. The first-order chi connectivity index (χ1) is 14.1. The van der Waals surface area contributed by atoms with Gasteiger partial charge >= 0.3 is 5.97 Å². The van der Waals surface area contributed by atoms with E-state index in [9.17, 15) is 4.79 Å².